The number of anilines is 2. The summed E-state index contributed by atoms with van der Waals surface area (Å²) in [4.78, 5) is 15.6. The molecule has 8 heteroatoms. The topological polar surface area (TPSA) is 119 Å². The van der Waals surface area contributed by atoms with Crippen LogP contribution in [0.25, 0.3) is 0 Å². The number of nitrogen functional groups attached to an aromatic ring is 1. The summed E-state index contributed by atoms with van der Waals surface area (Å²) in [6, 6.07) is 6.73. The van der Waals surface area contributed by atoms with Gasteiger partial charge in [0.1, 0.15) is 18.6 Å². The van der Waals surface area contributed by atoms with Crippen molar-refractivity contribution in [3.63, 3.8) is 0 Å². The molecule has 0 atom stereocenters. The van der Waals surface area contributed by atoms with Crippen molar-refractivity contribution in [2.45, 2.75) is 6.54 Å². The summed E-state index contributed by atoms with van der Waals surface area (Å²) >= 11 is 0. The minimum atomic E-state index is -0.307. The maximum Gasteiger partial charge on any atom is 0.246 e. The van der Waals surface area contributed by atoms with E-state index in [1.807, 2.05) is 6.07 Å². The summed E-state index contributed by atoms with van der Waals surface area (Å²) in [6.07, 6.45) is 1.37. The van der Waals surface area contributed by atoms with Crippen LogP contribution in [0.15, 0.2) is 24.5 Å². The third kappa shape index (κ3) is 3.02. The van der Waals surface area contributed by atoms with E-state index in [0.717, 1.165) is 0 Å². The zero-order valence-electron chi connectivity index (χ0n) is 10.7. The average molecular weight is 272 g/mol. The van der Waals surface area contributed by atoms with Crippen molar-refractivity contribution in [3.05, 3.63) is 30.1 Å². The Morgan fingerprint density at radius 2 is 2.40 bits per heavy atom. The van der Waals surface area contributed by atoms with E-state index in [1.165, 1.54) is 18.1 Å². The Kier molecular flexibility index (Phi) is 3.81. The van der Waals surface area contributed by atoms with Crippen molar-refractivity contribution in [1.82, 2.24) is 14.8 Å². The summed E-state index contributed by atoms with van der Waals surface area (Å²) < 4.78 is 6.44. The number of rotatable bonds is 4. The number of carbonyl (C=O) groups is 1. The summed E-state index contributed by atoms with van der Waals surface area (Å²) in [6.45, 7) is -0.0205. The van der Waals surface area contributed by atoms with Crippen LogP contribution in [-0.4, -0.2) is 27.8 Å². The molecule has 102 valence electrons. The van der Waals surface area contributed by atoms with Crippen LogP contribution in [0.1, 0.15) is 5.56 Å². The number of hydrogen-bond donors (Lipinski definition) is 2. The highest BCUT2D eigenvalue weighted by Crippen LogP contribution is 2.25. The Bertz CT molecular complexity index is 673. The molecule has 20 heavy (non-hydrogen) atoms. The van der Waals surface area contributed by atoms with Crippen molar-refractivity contribution in [2.75, 3.05) is 18.2 Å². The fourth-order valence-electron chi connectivity index (χ4n) is 1.59. The smallest absolute Gasteiger partial charge is 0.246 e. The second-order valence-electron chi connectivity index (χ2n) is 3.88. The first-order chi connectivity index (χ1) is 9.62. The first-order valence-electron chi connectivity index (χ1n) is 5.65. The van der Waals surface area contributed by atoms with E-state index >= 15 is 0 Å². The van der Waals surface area contributed by atoms with Crippen molar-refractivity contribution in [2.24, 2.45) is 0 Å². The molecule has 3 N–H and O–H groups in total. The summed E-state index contributed by atoms with van der Waals surface area (Å²) in [5.41, 5.74) is 6.28. The van der Waals surface area contributed by atoms with E-state index in [1.54, 1.807) is 18.2 Å². The molecule has 1 aromatic carbocycles. The third-order valence-corrected chi connectivity index (χ3v) is 2.46. The number of methoxy groups -OCH3 is 1. The quantitative estimate of drug-likeness (QED) is 0.830. The molecule has 0 aliphatic heterocycles. The van der Waals surface area contributed by atoms with Gasteiger partial charge in [0.15, 0.2) is 0 Å². The predicted molar refractivity (Wildman–Crippen MR) is 70.8 cm³/mol. The molecule has 8 nitrogen and oxygen atoms in total. The molecule has 0 radical (unpaired) electrons. The monoisotopic (exact) mass is 272 g/mol. The number of carbonyl (C=O) groups excluding carboxylic acids is 1. The zero-order chi connectivity index (χ0) is 14.5. The number of nitrogens with two attached hydrogens (primary N) is 1. The number of benzene rings is 1. The van der Waals surface area contributed by atoms with Gasteiger partial charge in [-0.2, -0.15) is 5.26 Å². The lowest BCUT2D eigenvalue weighted by molar-refractivity contribution is -0.116. The van der Waals surface area contributed by atoms with Crippen molar-refractivity contribution >= 4 is 17.5 Å². The number of hydrogen-bond acceptors (Lipinski definition) is 6. The number of nitrogens with zero attached hydrogens (tertiary/aromatic N) is 4. The summed E-state index contributed by atoms with van der Waals surface area (Å²) in [5.74, 6) is 0.210. The molecule has 0 unspecified atom stereocenters. The van der Waals surface area contributed by atoms with Crippen LogP contribution in [0.2, 0.25) is 0 Å². The normalized spacial score (nSPS) is 9.80. The van der Waals surface area contributed by atoms with Gasteiger partial charge < -0.3 is 15.8 Å². The van der Waals surface area contributed by atoms with Crippen molar-refractivity contribution < 1.29 is 9.53 Å². The first-order valence-corrected chi connectivity index (χ1v) is 5.65. The fraction of sp³-hybridized carbons (Fsp3) is 0.167. The fourth-order valence-corrected chi connectivity index (χ4v) is 1.59. The van der Waals surface area contributed by atoms with E-state index < -0.39 is 0 Å². The second kappa shape index (κ2) is 5.71. The van der Waals surface area contributed by atoms with Gasteiger partial charge in [0, 0.05) is 6.07 Å². The van der Waals surface area contributed by atoms with Crippen LogP contribution in [0.4, 0.5) is 11.6 Å². The van der Waals surface area contributed by atoms with Crippen LogP contribution in [0, 0.1) is 11.3 Å². The van der Waals surface area contributed by atoms with E-state index in [9.17, 15) is 4.79 Å². The SMILES string of the molecule is COc1cc(C#N)ccc1NC(=O)Cn1cnc(N)n1. The van der Waals surface area contributed by atoms with Gasteiger partial charge in [-0.25, -0.2) is 9.67 Å². The first kappa shape index (κ1) is 13.4. The molecule has 0 saturated heterocycles. The largest absolute Gasteiger partial charge is 0.495 e. The standard InChI is InChI=1S/C12H12N6O2/c1-20-10-4-8(5-13)2-3-9(10)16-11(19)6-18-7-15-12(14)17-18/h2-4,7H,6H2,1H3,(H2,14,17)(H,16,19). The second-order valence-corrected chi connectivity index (χ2v) is 3.88. The number of amides is 1. The minimum Gasteiger partial charge on any atom is -0.495 e. The van der Waals surface area contributed by atoms with Gasteiger partial charge in [0.2, 0.25) is 11.9 Å². The number of nitrogens with one attached hydrogen (secondary N) is 1. The molecule has 1 aromatic heterocycles. The predicted octanol–water partition coefficient (Wildman–Crippen LogP) is 0.379. The average Bonchev–Trinajstić information content (AvgIpc) is 2.84. The Balaban J connectivity index is 2.09. The Hall–Kier alpha value is -3.08. The van der Waals surface area contributed by atoms with Gasteiger partial charge in [-0.15, -0.1) is 5.10 Å². The number of nitriles is 1. The van der Waals surface area contributed by atoms with Crippen molar-refractivity contribution in [1.29, 1.82) is 5.26 Å². The van der Waals surface area contributed by atoms with Gasteiger partial charge in [-0.05, 0) is 12.1 Å². The summed E-state index contributed by atoms with van der Waals surface area (Å²) in [7, 11) is 1.46. The molecule has 0 aliphatic rings. The van der Waals surface area contributed by atoms with Crippen LogP contribution in [0.5, 0.6) is 5.75 Å². The van der Waals surface area contributed by atoms with E-state index in [2.05, 4.69) is 15.4 Å². The molecule has 0 fully saturated rings. The Morgan fingerprint density at radius 3 is 3.00 bits per heavy atom. The molecule has 2 rings (SSSR count). The van der Waals surface area contributed by atoms with Gasteiger partial charge in [0.05, 0.1) is 24.4 Å². The van der Waals surface area contributed by atoms with Gasteiger partial charge in [-0.1, -0.05) is 0 Å². The molecular weight excluding hydrogens is 260 g/mol. The number of ether oxygens (including phenoxy) is 1. The molecule has 1 amide bonds. The molecule has 0 bridgehead atoms. The van der Waals surface area contributed by atoms with Gasteiger partial charge >= 0.3 is 0 Å². The molecule has 1 heterocycles. The third-order valence-electron chi connectivity index (χ3n) is 2.46. The molecule has 0 spiro atoms. The number of aromatic nitrogens is 3. The lowest BCUT2D eigenvalue weighted by atomic mass is 10.2. The zero-order valence-corrected chi connectivity index (χ0v) is 10.7. The van der Waals surface area contributed by atoms with Crippen LogP contribution in [-0.2, 0) is 11.3 Å². The highest BCUT2D eigenvalue weighted by Gasteiger charge is 2.10. The molecule has 0 aliphatic carbocycles. The molecule has 0 saturated carbocycles. The van der Waals surface area contributed by atoms with E-state index in [0.29, 0.717) is 17.0 Å². The highest BCUT2D eigenvalue weighted by molar-refractivity contribution is 5.92. The van der Waals surface area contributed by atoms with Crippen LogP contribution in [0.3, 0.4) is 0 Å². The van der Waals surface area contributed by atoms with Crippen LogP contribution < -0.4 is 15.8 Å². The molecular formula is C12H12N6O2. The van der Waals surface area contributed by atoms with E-state index in [-0.39, 0.29) is 18.4 Å². The van der Waals surface area contributed by atoms with Crippen molar-refractivity contribution in [3.8, 4) is 11.8 Å². The molecule has 2 aromatic rings. The lowest BCUT2D eigenvalue weighted by Gasteiger charge is -2.10. The van der Waals surface area contributed by atoms with Gasteiger partial charge in [-0.3, -0.25) is 4.79 Å². The Labute approximate surface area is 114 Å². The van der Waals surface area contributed by atoms with Gasteiger partial charge in [0.25, 0.3) is 0 Å². The highest BCUT2D eigenvalue weighted by atomic mass is 16.5. The maximum absolute atomic E-state index is 11.9. The lowest BCUT2D eigenvalue weighted by Crippen LogP contribution is -2.19. The maximum atomic E-state index is 11.9. The van der Waals surface area contributed by atoms with Crippen LogP contribution >= 0.6 is 0 Å². The minimum absolute atomic E-state index is 0.0205. The van der Waals surface area contributed by atoms with E-state index in [4.69, 9.17) is 15.7 Å². The Morgan fingerprint density at radius 1 is 1.60 bits per heavy atom. The summed E-state index contributed by atoms with van der Waals surface area (Å²) in [5, 5.41) is 15.3.